The quantitative estimate of drug-likeness (QED) is 0.885. The van der Waals surface area contributed by atoms with Gasteiger partial charge < -0.3 is 10.3 Å². The normalized spacial score (nSPS) is 22.2. The third-order valence-electron chi connectivity index (χ3n) is 4.61. The highest BCUT2D eigenvalue weighted by atomic mass is 32.2. The van der Waals surface area contributed by atoms with Crippen molar-refractivity contribution >= 4 is 26.6 Å². The summed E-state index contributed by atoms with van der Waals surface area (Å²) in [6.45, 7) is 0. The van der Waals surface area contributed by atoms with Crippen LogP contribution in [0.5, 0.6) is 0 Å². The number of nitrogens with one attached hydrogen (secondary N) is 2. The minimum atomic E-state index is -3.16. The molecule has 1 amide bonds. The first-order chi connectivity index (χ1) is 11.0. The predicted octanol–water partition coefficient (Wildman–Crippen LogP) is 2.09. The lowest BCUT2D eigenvalue weighted by molar-refractivity contribution is 0.0948. The molecule has 2 heterocycles. The van der Waals surface area contributed by atoms with Gasteiger partial charge in [-0.1, -0.05) is 0 Å². The van der Waals surface area contributed by atoms with Gasteiger partial charge in [0, 0.05) is 27.6 Å². The van der Waals surface area contributed by atoms with Gasteiger partial charge in [0.2, 0.25) is 0 Å². The number of sulfone groups is 1. The number of carbonyl (C=O) groups excluding carboxylic acids is 1. The standard InChI is InChI=1S/C17H18N2O3S/c20-17(18-12-7-8-23(21,22)10-12)11-5-6-16-14(9-11)13-3-1-2-4-15(13)19-16/h5-9,12,19H,1-4,10H2,(H,18,20). The van der Waals surface area contributed by atoms with Gasteiger partial charge in [-0.15, -0.1) is 0 Å². The Morgan fingerprint density at radius 1 is 1.22 bits per heavy atom. The number of aromatic nitrogens is 1. The second-order valence-electron chi connectivity index (χ2n) is 6.29. The van der Waals surface area contributed by atoms with E-state index in [-0.39, 0.29) is 11.7 Å². The van der Waals surface area contributed by atoms with E-state index >= 15 is 0 Å². The average molecular weight is 330 g/mol. The second-order valence-corrected chi connectivity index (χ2v) is 8.22. The molecule has 120 valence electrons. The summed E-state index contributed by atoms with van der Waals surface area (Å²) in [6.07, 6.45) is 6.03. The highest BCUT2D eigenvalue weighted by molar-refractivity contribution is 7.94. The summed E-state index contributed by atoms with van der Waals surface area (Å²) in [4.78, 5) is 15.8. The van der Waals surface area contributed by atoms with Gasteiger partial charge in [0.1, 0.15) is 0 Å². The zero-order valence-electron chi connectivity index (χ0n) is 12.6. The van der Waals surface area contributed by atoms with Crippen LogP contribution in [0.2, 0.25) is 0 Å². The molecule has 1 unspecified atom stereocenters. The van der Waals surface area contributed by atoms with Crippen molar-refractivity contribution in [2.75, 3.05) is 5.75 Å². The van der Waals surface area contributed by atoms with Crippen LogP contribution in [0, 0.1) is 0 Å². The number of aromatic amines is 1. The Kier molecular flexibility index (Phi) is 3.30. The highest BCUT2D eigenvalue weighted by Crippen LogP contribution is 2.29. The number of amides is 1. The maximum absolute atomic E-state index is 12.4. The average Bonchev–Trinajstić information content (AvgIpc) is 3.06. The lowest BCUT2D eigenvalue weighted by Crippen LogP contribution is -2.35. The zero-order chi connectivity index (χ0) is 16.0. The van der Waals surface area contributed by atoms with Gasteiger partial charge in [0.15, 0.2) is 9.84 Å². The largest absolute Gasteiger partial charge is 0.358 e. The minimum Gasteiger partial charge on any atom is -0.358 e. The molecule has 1 atom stereocenters. The molecule has 0 radical (unpaired) electrons. The van der Waals surface area contributed by atoms with Crippen molar-refractivity contribution in [1.29, 1.82) is 0 Å². The smallest absolute Gasteiger partial charge is 0.251 e. The Bertz CT molecular complexity index is 925. The van der Waals surface area contributed by atoms with E-state index in [1.54, 1.807) is 6.07 Å². The fourth-order valence-electron chi connectivity index (χ4n) is 3.46. The first-order valence-electron chi connectivity index (χ1n) is 7.87. The van der Waals surface area contributed by atoms with Gasteiger partial charge in [-0.2, -0.15) is 0 Å². The molecule has 23 heavy (non-hydrogen) atoms. The number of H-pyrrole nitrogens is 1. The SMILES string of the molecule is O=C(NC1C=CS(=O)(=O)C1)c1ccc2[nH]c3c(c2c1)CCCC3. The molecule has 4 rings (SSSR count). The second kappa shape index (κ2) is 5.23. The molecule has 0 saturated carbocycles. The summed E-state index contributed by atoms with van der Waals surface area (Å²) >= 11 is 0. The summed E-state index contributed by atoms with van der Waals surface area (Å²) in [5, 5.41) is 5.06. The van der Waals surface area contributed by atoms with Gasteiger partial charge >= 0.3 is 0 Å². The Balaban J connectivity index is 1.61. The fourth-order valence-corrected chi connectivity index (χ4v) is 4.70. The minimum absolute atomic E-state index is 0.0550. The first kappa shape index (κ1) is 14.5. The molecule has 6 heteroatoms. The van der Waals surface area contributed by atoms with Crippen molar-refractivity contribution in [3.63, 3.8) is 0 Å². The van der Waals surface area contributed by atoms with Crippen LogP contribution in [0.4, 0.5) is 0 Å². The molecular weight excluding hydrogens is 312 g/mol. The third kappa shape index (κ3) is 2.67. The van der Waals surface area contributed by atoms with Crippen LogP contribution < -0.4 is 5.32 Å². The Morgan fingerprint density at radius 3 is 2.83 bits per heavy atom. The third-order valence-corrected chi connectivity index (χ3v) is 6.00. The number of rotatable bonds is 2. The number of aryl methyl sites for hydroxylation is 2. The predicted molar refractivity (Wildman–Crippen MR) is 89.1 cm³/mol. The Hall–Kier alpha value is -2.08. The lowest BCUT2D eigenvalue weighted by Gasteiger charge is -2.11. The molecule has 1 aliphatic heterocycles. The molecule has 2 aliphatic rings. The summed E-state index contributed by atoms with van der Waals surface area (Å²) in [7, 11) is -3.16. The van der Waals surface area contributed by atoms with E-state index in [2.05, 4.69) is 10.3 Å². The van der Waals surface area contributed by atoms with Crippen molar-refractivity contribution in [2.45, 2.75) is 31.7 Å². The summed E-state index contributed by atoms with van der Waals surface area (Å²) in [5.41, 5.74) is 4.25. The monoisotopic (exact) mass is 330 g/mol. The van der Waals surface area contributed by atoms with E-state index in [1.165, 1.54) is 35.6 Å². The number of hydrogen-bond donors (Lipinski definition) is 2. The van der Waals surface area contributed by atoms with E-state index in [9.17, 15) is 13.2 Å². The number of hydrogen-bond acceptors (Lipinski definition) is 3. The number of fused-ring (bicyclic) bond motifs is 3. The van der Waals surface area contributed by atoms with Crippen molar-refractivity contribution in [1.82, 2.24) is 10.3 Å². The fraction of sp³-hybridized carbons (Fsp3) is 0.353. The topological polar surface area (TPSA) is 79.0 Å². The Labute approximate surface area is 134 Å². The highest BCUT2D eigenvalue weighted by Gasteiger charge is 2.24. The van der Waals surface area contributed by atoms with E-state index in [1.807, 2.05) is 12.1 Å². The van der Waals surface area contributed by atoms with Crippen molar-refractivity contribution in [2.24, 2.45) is 0 Å². The van der Waals surface area contributed by atoms with E-state index < -0.39 is 15.9 Å². The van der Waals surface area contributed by atoms with Crippen LogP contribution in [-0.4, -0.2) is 31.1 Å². The molecular formula is C17H18N2O3S. The number of benzene rings is 1. The van der Waals surface area contributed by atoms with E-state index in [0.717, 1.165) is 23.7 Å². The van der Waals surface area contributed by atoms with Gasteiger partial charge in [0.25, 0.3) is 5.91 Å². The summed E-state index contributed by atoms with van der Waals surface area (Å²) in [6, 6.07) is 5.19. The molecule has 1 aromatic heterocycles. The van der Waals surface area contributed by atoms with Gasteiger partial charge in [-0.25, -0.2) is 8.42 Å². The molecule has 0 bridgehead atoms. The van der Waals surface area contributed by atoms with Gasteiger partial charge in [-0.3, -0.25) is 4.79 Å². The molecule has 1 aliphatic carbocycles. The van der Waals surface area contributed by atoms with Gasteiger partial charge in [-0.05, 0) is 55.5 Å². The molecule has 1 aromatic carbocycles. The summed E-state index contributed by atoms with van der Waals surface area (Å²) in [5.74, 6) is -0.287. The van der Waals surface area contributed by atoms with E-state index in [4.69, 9.17) is 0 Å². The van der Waals surface area contributed by atoms with Crippen LogP contribution in [0.15, 0.2) is 29.7 Å². The number of carbonyl (C=O) groups is 1. The Morgan fingerprint density at radius 2 is 2.04 bits per heavy atom. The molecule has 0 saturated heterocycles. The van der Waals surface area contributed by atoms with Crippen LogP contribution >= 0.6 is 0 Å². The van der Waals surface area contributed by atoms with Crippen LogP contribution in [0.25, 0.3) is 10.9 Å². The van der Waals surface area contributed by atoms with E-state index in [0.29, 0.717) is 5.56 Å². The van der Waals surface area contributed by atoms with Gasteiger partial charge in [0.05, 0.1) is 11.8 Å². The zero-order valence-corrected chi connectivity index (χ0v) is 13.4. The first-order valence-corrected chi connectivity index (χ1v) is 9.59. The molecule has 0 spiro atoms. The summed E-state index contributed by atoms with van der Waals surface area (Å²) < 4.78 is 22.8. The maximum Gasteiger partial charge on any atom is 0.251 e. The maximum atomic E-state index is 12.4. The molecule has 2 N–H and O–H groups in total. The van der Waals surface area contributed by atoms with Crippen LogP contribution in [0.1, 0.15) is 34.5 Å². The van der Waals surface area contributed by atoms with Crippen LogP contribution in [0.3, 0.4) is 0 Å². The molecule has 0 fully saturated rings. The van der Waals surface area contributed by atoms with Crippen molar-refractivity contribution in [3.8, 4) is 0 Å². The van der Waals surface area contributed by atoms with Crippen molar-refractivity contribution in [3.05, 3.63) is 46.5 Å². The van der Waals surface area contributed by atoms with Crippen LogP contribution in [-0.2, 0) is 22.7 Å². The molecule has 2 aromatic rings. The lowest BCUT2D eigenvalue weighted by atomic mass is 9.95. The van der Waals surface area contributed by atoms with Crippen molar-refractivity contribution < 1.29 is 13.2 Å². The molecule has 5 nitrogen and oxygen atoms in total.